The molecular formula is C10H10F2O2S. The first-order valence-corrected chi connectivity index (χ1v) is 5.25. The summed E-state index contributed by atoms with van der Waals surface area (Å²) in [7, 11) is 0. The fourth-order valence-corrected chi connectivity index (χ4v) is 1.63. The van der Waals surface area contributed by atoms with Crippen LogP contribution in [-0.4, -0.2) is 18.1 Å². The molecule has 0 spiro atoms. The minimum Gasteiger partial charge on any atom is -0.463 e. The molecule has 0 N–H and O–H groups in total. The molecule has 1 unspecified atom stereocenters. The molecule has 0 heterocycles. The molecule has 0 radical (unpaired) electrons. The molecule has 0 aliphatic carbocycles. The number of alkyl halides is 1. The summed E-state index contributed by atoms with van der Waals surface area (Å²) in [6, 6.07) is 5.69. The SMILES string of the molecule is CCOC(=O)C(F)Sc1ccccc1F. The van der Waals surface area contributed by atoms with E-state index in [1.165, 1.54) is 18.2 Å². The highest BCUT2D eigenvalue weighted by molar-refractivity contribution is 8.00. The first kappa shape index (κ1) is 12.0. The van der Waals surface area contributed by atoms with Crippen LogP contribution >= 0.6 is 11.8 Å². The minimum atomic E-state index is -1.89. The Hall–Kier alpha value is -1.10. The van der Waals surface area contributed by atoms with Gasteiger partial charge in [-0.25, -0.2) is 13.6 Å². The fourth-order valence-electron chi connectivity index (χ4n) is 0.908. The molecule has 0 fully saturated rings. The van der Waals surface area contributed by atoms with E-state index in [4.69, 9.17) is 0 Å². The zero-order valence-corrected chi connectivity index (χ0v) is 8.89. The third-order valence-electron chi connectivity index (χ3n) is 1.54. The summed E-state index contributed by atoms with van der Waals surface area (Å²) in [6.45, 7) is 1.69. The van der Waals surface area contributed by atoms with Gasteiger partial charge in [0.1, 0.15) is 5.82 Å². The molecule has 0 saturated heterocycles. The number of carbonyl (C=O) groups excluding carboxylic acids is 1. The van der Waals surface area contributed by atoms with Crippen molar-refractivity contribution in [3.8, 4) is 0 Å². The van der Waals surface area contributed by atoms with Gasteiger partial charge in [0.2, 0.25) is 5.50 Å². The number of carbonyl (C=O) groups is 1. The van der Waals surface area contributed by atoms with E-state index in [9.17, 15) is 13.6 Å². The summed E-state index contributed by atoms with van der Waals surface area (Å²) in [4.78, 5) is 11.0. The van der Waals surface area contributed by atoms with Gasteiger partial charge in [0, 0.05) is 4.90 Å². The lowest BCUT2D eigenvalue weighted by Crippen LogP contribution is -2.15. The quantitative estimate of drug-likeness (QED) is 0.590. The third kappa shape index (κ3) is 3.51. The highest BCUT2D eigenvalue weighted by atomic mass is 32.2. The maximum atomic E-state index is 13.2. The van der Waals surface area contributed by atoms with Crippen LogP contribution in [0.3, 0.4) is 0 Å². The zero-order chi connectivity index (χ0) is 11.3. The van der Waals surface area contributed by atoms with Crippen LogP contribution in [0, 0.1) is 5.82 Å². The molecule has 2 nitrogen and oxygen atoms in total. The summed E-state index contributed by atoms with van der Waals surface area (Å²) in [5.74, 6) is -1.53. The first-order valence-electron chi connectivity index (χ1n) is 4.37. The Kier molecular flexibility index (Phi) is 4.55. The average Bonchev–Trinajstić information content (AvgIpc) is 2.21. The fraction of sp³-hybridized carbons (Fsp3) is 0.300. The molecule has 0 saturated carbocycles. The standard InChI is InChI=1S/C10H10F2O2S/c1-2-14-10(13)9(12)15-8-6-4-3-5-7(8)11/h3-6,9H,2H2,1H3. The molecule has 82 valence electrons. The van der Waals surface area contributed by atoms with Crippen molar-refractivity contribution in [2.75, 3.05) is 6.61 Å². The van der Waals surface area contributed by atoms with E-state index >= 15 is 0 Å². The molecule has 1 atom stereocenters. The Labute approximate surface area is 90.6 Å². The maximum absolute atomic E-state index is 13.2. The summed E-state index contributed by atoms with van der Waals surface area (Å²) < 4.78 is 30.7. The van der Waals surface area contributed by atoms with Crippen molar-refractivity contribution in [2.24, 2.45) is 0 Å². The van der Waals surface area contributed by atoms with E-state index in [-0.39, 0.29) is 11.5 Å². The number of halogens is 2. The minimum absolute atomic E-state index is 0.0954. The van der Waals surface area contributed by atoms with Crippen molar-refractivity contribution in [3.63, 3.8) is 0 Å². The van der Waals surface area contributed by atoms with Crippen LogP contribution in [0.4, 0.5) is 8.78 Å². The first-order chi connectivity index (χ1) is 7.15. The van der Waals surface area contributed by atoms with Crippen molar-refractivity contribution < 1.29 is 18.3 Å². The molecule has 0 aliphatic heterocycles. The number of rotatable bonds is 4. The Bertz CT molecular complexity index is 344. The molecule has 0 bridgehead atoms. The average molecular weight is 232 g/mol. The van der Waals surface area contributed by atoms with E-state index in [1.54, 1.807) is 13.0 Å². The highest BCUT2D eigenvalue weighted by Gasteiger charge is 2.21. The topological polar surface area (TPSA) is 26.3 Å². The number of benzene rings is 1. The summed E-state index contributed by atoms with van der Waals surface area (Å²) in [5.41, 5.74) is -1.89. The molecular weight excluding hydrogens is 222 g/mol. The molecule has 5 heteroatoms. The summed E-state index contributed by atoms with van der Waals surface area (Å²) >= 11 is 0.502. The van der Waals surface area contributed by atoms with Gasteiger partial charge in [-0.3, -0.25) is 0 Å². The molecule has 0 aliphatic rings. The summed E-state index contributed by atoms with van der Waals surface area (Å²) in [5, 5.41) is 0. The van der Waals surface area contributed by atoms with Crippen LogP contribution in [0.15, 0.2) is 29.2 Å². The third-order valence-corrected chi connectivity index (χ3v) is 2.52. The number of ether oxygens (including phenoxy) is 1. The highest BCUT2D eigenvalue weighted by Crippen LogP contribution is 2.27. The molecule has 15 heavy (non-hydrogen) atoms. The van der Waals surface area contributed by atoms with Gasteiger partial charge in [-0.2, -0.15) is 0 Å². The lowest BCUT2D eigenvalue weighted by atomic mass is 10.3. The van der Waals surface area contributed by atoms with Crippen molar-refractivity contribution in [1.29, 1.82) is 0 Å². The number of esters is 1. The number of hydrogen-bond donors (Lipinski definition) is 0. The van der Waals surface area contributed by atoms with E-state index in [0.29, 0.717) is 11.8 Å². The molecule has 0 aromatic heterocycles. The van der Waals surface area contributed by atoms with Crippen molar-refractivity contribution in [1.82, 2.24) is 0 Å². The van der Waals surface area contributed by atoms with Gasteiger partial charge in [-0.1, -0.05) is 23.9 Å². The van der Waals surface area contributed by atoms with Crippen LogP contribution in [0.5, 0.6) is 0 Å². The van der Waals surface area contributed by atoms with E-state index in [2.05, 4.69) is 4.74 Å². The Morgan fingerprint density at radius 3 is 2.80 bits per heavy atom. The van der Waals surface area contributed by atoms with Crippen LogP contribution in [0.2, 0.25) is 0 Å². The zero-order valence-electron chi connectivity index (χ0n) is 8.07. The summed E-state index contributed by atoms with van der Waals surface area (Å²) in [6.07, 6.45) is 0. The number of hydrogen-bond acceptors (Lipinski definition) is 3. The van der Waals surface area contributed by atoms with Crippen LogP contribution in [-0.2, 0) is 9.53 Å². The van der Waals surface area contributed by atoms with Crippen molar-refractivity contribution >= 4 is 17.7 Å². The molecule has 1 aromatic carbocycles. The second-order valence-electron chi connectivity index (χ2n) is 2.62. The van der Waals surface area contributed by atoms with Crippen molar-refractivity contribution in [3.05, 3.63) is 30.1 Å². The predicted octanol–water partition coefficient (Wildman–Crippen LogP) is 2.78. The Morgan fingerprint density at radius 1 is 1.53 bits per heavy atom. The van der Waals surface area contributed by atoms with Gasteiger partial charge in [0.05, 0.1) is 6.61 Å². The van der Waals surface area contributed by atoms with Gasteiger partial charge < -0.3 is 4.74 Å². The lowest BCUT2D eigenvalue weighted by molar-refractivity contribution is -0.145. The second kappa shape index (κ2) is 5.70. The van der Waals surface area contributed by atoms with E-state index < -0.39 is 17.3 Å². The Morgan fingerprint density at radius 2 is 2.20 bits per heavy atom. The molecule has 1 aromatic rings. The van der Waals surface area contributed by atoms with Gasteiger partial charge in [0.15, 0.2) is 0 Å². The molecule has 1 rings (SSSR count). The van der Waals surface area contributed by atoms with Gasteiger partial charge in [-0.05, 0) is 19.1 Å². The predicted molar refractivity (Wildman–Crippen MR) is 53.8 cm³/mol. The van der Waals surface area contributed by atoms with Gasteiger partial charge >= 0.3 is 5.97 Å². The van der Waals surface area contributed by atoms with E-state index in [1.807, 2.05) is 0 Å². The molecule has 0 amide bonds. The number of thioether (sulfide) groups is 1. The maximum Gasteiger partial charge on any atom is 0.351 e. The lowest BCUT2D eigenvalue weighted by Gasteiger charge is -2.07. The van der Waals surface area contributed by atoms with Crippen LogP contribution in [0.1, 0.15) is 6.92 Å². The monoisotopic (exact) mass is 232 g/mol. The van der Waals surface area contributed by atoms with E-state index in [0.717, 1.165) is 0 Å². The van der Waals surface area contributed by atoms with Crippen LogP contribution in [0.25, 0.3) is 0 Å². The largest absolute Gasteiger partial charge is 0.463 e. The normalized spacial score (nSPS) is 12.2. The Balaban J connectivity index is 2.62. The van der Waals surface area contributed by atoms with Crippen LogP contribution < -0.4 is 0 Å². The van der Waals surface area contributed by atoms with Gasteiger partial charge in [-0.15, -0.1) is 0 Å². The van der Waals surface area contributed by atoms with Crippen molar-refractivity contribution in [2.45, 2.75) is 17.3 Å². The second-order valence-corrected chi connectivity index (χ2v) is 3.71. The smallest absolute Gasteiger partial charge is 0.351 e. The van der Waals surface area contributed by atoms with Gasteiger partial charge in [0.25, 0.3) is 0 Å².